The fraction of sp³-hybridized carbons (Fsp3) is 0.720. The van der Waals surface area contributed by atoms with Crippen molar-refractivity contribution in [2.45, 2.75) is 70.8 Å². The molecule has 3 rings (SSSR count). The summed E-state index contributed by atoms with van der Waals surface area (Å²) in [7, 11) is 3.88. The Hall–Kier alpha value is -2.15. The van der Waals surface area contributed by atoms with E-state index in [9.17, 15) is 14.4 Å². The maximum Gasteiger partial charge on any atom is 0.259 e. The van der Waals surface area contributed by atoms with Gasteiger partial charge in [0.05, 0.1) is 0 Å². The number of unbranched alkanes of at least 4 members (excludes halogenated alkanes) is 1. The van der Waals surface area contributed by atoms with E-state index in [1.165, 1.54) is 6.42 Å². The number of rotatable bonds is 8. The number of pyridine rings is 1. The molecule has 0 unspecified atom stereocenters. The third kappa shape index (κ3) is 6.21. The average molecular weight is 445 g/mol. The summed E-state index contributed by atoms with van der Waals surface area (Å²) >= 11 is 0. The number of carbonyl (C=O) groups is 2. The van der Waals surface area contributed by atoms with Crippen molar-refractivity contribution in [3.05, 3.63) is 33.7 Å². The first-order chi connectivity index (χ1) is 15.4. The molecule has 1 aromatic heterocycles. The molecule has 1 N–H and O–H groups in total. The molecule has 1 saturated carbocycles. The Morgan fingerprint density at radius 2 is 1.81 bits per heavy atom. The molecule has 0 spiro atoms. The van der Waals surface area contributed by atoms with Crippen LogP contribution in [0.25, 0.3) is 0 Å². The fourth-order valence-corrected chi connectivity index (χ4v) is 5.07. The predicted molar refractivity (Wildman–Crippen MR) is 127 cm³/mol. The number of aromatic nitrogens is 1. The van der Waals surface area contributed by atoms with Crippen molar-refractivity contribution >= 4 is 11.8 Å². The van der Waals surface area contributed by atoms with Crippen LogP contribution in [-0.4, -0.2) is 66.5 Å². The fourth-order valence-electron chi connectivity index (χ4n) is 5.07. The summed E-state index contributed by atoms with van der Waals surface area (Å²) in [6.07, 6.45) is 12.9. The quantitative estimate of drug-likeness (QED) is 0.625. The minimum Gasteiger partial charge on any atom is -0.352 e. The zero-order chi connectivity index (χ0) is 23.1. The summed E-state index contributed by atoms with van der Waals surface area (Å²) in [6, 6.07) is 0.232. The number of hydrogen-bond donors (Lipinski definition) is 1. The summed E-state index contributed by atoms with van der Waals surface area (Å²) in [5.41, 5.74) is -0.252. The number of amides is 2. The van der Waals surface area contributed by atoms with Crippen LogP contribution in [0.5, 0.6) is 0 Å². The van der Waals surface area contributed by atoms with Crippen molar-refractivity contribution < 1.29 is 9.59 Å². The van der Waals surface area contributed by atoms with Crippen LogP contribution in [-0.2, 0) is 0 Å². The van der Waals surface area contributed by atoms with Gasteiger partial charge in [-0.05, 0) is 51.6 Å². The Kier molecular flexibility index (Phi) is 8.91. The van der Waals surface area contributed by atoms with E-state index >= 15 is 0 Å². The average Bonchev–Trinajstić information content (AvgIpc) is 2.79. The highest BCUT2D eigenvalue weighted by atomic mass is 16.2. The van der Waals surface area contributed by atoms with Gasteiger partial charge in [-0.15, -0.1) is 0 Å². The smallest absolute Gasteiger partial charge is 0.259 e. The summed E-state index contributed by atoms with van der Waals surface area (Å²) in [4.78, 5) is 43.4. The number of hydrogen-bond acceptors (Lipinski definition) is 4. The zero-order valence-corrected chi connectivity index (χ0v) is 20.1. The lowest BCUT2D eigenvalue weighted by molar-refractivity contribution is 0.0738. The monoisotopic (exact) mass is 444 g/mol. The third-order valence-electron chi connectivity index (χ3n) is 6.93. The molecule has 0 aromatic carbocycles. The van der Waals surface area contributed by atoms with Crippen molar-refractivity contribution in [2.75, 3.05) is 40.3 Å². The maximum absolute atomic E-state index is 13.4. The van der Waals surface area contributed by atoms with Gasteiger partial charge in [0.1, 0.15) is 11.1 Å². The van der Waals surface area contributed by atoms with Crippen LogP contribution in [0, 0.1) is 5.92 Å². The van der Waals surface area contributed by atoms with Gasteiger partial charge in [0.2, 0.25) is 5.43 Å². The Morgan fingerprint density at radius 3 is 2.50 bits per heavy atom. The van der Waals surface area contributed by atoms with Crippen LogP contribution in [0.15, 0.2) is 17.2 Å². The molecule has 1 aliphatic carbocycles. The van der Waals surface area contributed by atoms with Crippen molar-refractivity contribution in [1.82, 2.24) is 19.7 Å². The van der Waals surface area contributed by atoms with E-state index in [-0.39, 0.29) is 29.0 Å². The minimum absolute atomic E-state index is 0.0864. The van der Waals surface area contributed by atoms with Crippen LogP contribution in [0.4, 0.5) is 0 Å². The van der Waals surface area contributed by atoms with E-state index in [2.05, 4.69) is 24.2 Å². The van der Waals surface area contributed by atoms with Gasteiger partial charge in [0.25, 0.3) is 11.8 Å². The molecule has 2 heterocycles. The Morgan fingerprint density at radius 1 is 1.09 bits per heavy atom. The molecule has 1 saturated heterocycles. The van der Waals surface area contributed by atoms with Gasteiger partial charge in [-0.2, -0.15) is 0 Å². The number of carbonyl (C=O) groups excluding carboxylic acids is 2. The van der Waals surface area contributed by atoms with Crippen molar-refractivity contribution in [2.24, 2.45) is 5.92 Å². The lowest BCUT2D eigenvalue weighted by Gasteiger charge is -2.32. The Balaban J connectivity index is 1.86. The normalized spacial score (nSPS) is 20.2. The maximum atomic E-state index is 13.4. The van der Waals surface area contributed by atoms with Gasteiger partial charge in [0.15, 0.2) is 0 Å². The largest absolute Gasteiger partial charge is 0.352 e. The first-order valence-electron chi connectivity index (χ1n) is 12.4. The molecule has 0 bridgehead atoms. The van der Waals surface area contributed by atoms with Gasteiger partial charge >= 0.3 is 0 Å². The molecule has 0 radical (unpaired) electrons. The molecular weight excluding hydrogens is 404 g/mol. The molecule has 2 fully saturated rings. The third-order valence-corrected chi connectivity index (χ3v) is 6.93. The minimum atomic E-state index is -0.455. The molecular formula is C25H40N4O3. The molecule has 1 atom stereocenters. The predicted octanol–water partition coefficient (Wildman–Crippen LogP) is 3.30. The van der Waals surface area contributed by atoms with E-state index in [1.807, 2.05) is 4.57 Å². The first kappa shape index (κ1) is 24.5. The molecule has 2 amide bonds. The van der Waals surface area contributed by atoms with Crippen LogP contribution >= 0.6 is 0 Å². The highest BCUT2D eigenvalue weighted by Crippen LogP contribution is 2.28. The SMILES string of the molecule is CCCCNC(=O)c1cn(C2CCCCC2)cc(C(=O)N(C)C[C@H]2CCCN(C)C2)c1=O. The van der Waals surface area contributed by atoms with Crippen LogP contribution in [0.2, 0.25) is 0 Å². The number of nitrogens with zero attached hydrogens (tertiary/aromatic N) is 3. The van der Waals surface area contributed by atoms with E-state index in [4.69, 9.17) is 0 Å². The summed E-state index contributed by atoms with van der Waals surface area (Å²) in [6.45, 7) is 5.27. The number of likely N-dealkylation sites (tertiary alicyclic amines) is 1. The second-order valence-electron chi connectivity index (χ2n) is 9.72. The van der Waals surface area contributed by atoms with Crippen LogP contribution in [0.1, 0.15) is 91.5 Å². The molecule has 7 nitrogen and oxygen atoms in total. The van der Waals surface area contributed by atoms with Gasteiger partial charge in [-0.1, -0.05) is 32.6 Å². The molecule has 1 aromatic rings. The summed E-state index contributed by atoms with van der Waals surface area (Å²) in [5, 5.41) is 2.85. The van der Waals surface area contributed by atoms with Gasteiger partial charge in [-0.25, -0.2) is 0 Å². The molecule has 32 heavy (non-hydrogen) atoms. The highest BCUT2D eigenvalue weighted by Gasteiger charge is 2.26. The van der Waals surface area contributed by atoms with E-state index in [1.54, 1.807) is 24.3 Å². The molecule has 2 aliphatic rings. The second kappa shape index (κ2) is 11.6. The molecule has 1 aliphatic heterocycles. The number of piperidine rings is 1. The Bertz CT molecular complexity index is 844. The van der Waals surface area contributed by atoms with Crippen LogP contribution in [0.3, 0.4) is 0 Å². The van der Waals surface area contributed by atoms with Gasteiger partial charge < -0.3 is 19.7 Å². The molecule has 7 heteroatoms. The van der Waals surface area contributed by atoms with E-state index in [0.29, 0.717) is 19.0 Å². The van der Waals surface area contributed by atoms with Gasteiger partial charge in [-0.3, -0.25) is 14.4 Å². The van der Waals surface area contributed by atoms with E-state index in [0.717, 1.165) is 64.5 Å². The highest BCUT2D eigenvalue weighted by molar-refractivity contribution is 5.99. The van der Waals surface area contributed by atoms with Gasteiger partial charge in [0, 0.05) is 45.1 Å². The van der Waals surface area contributed by atoms with Crippen molar-refractivity contribution in [3.8, 4) is 0 Å². The topological polar surface area (TPSA) is 74.7 Å². The lowest BCUT2D eigenvalue weighted by atomic mass is 9.94. The lowest BCUT2D eigenvalue weighted by Crippen LogP contribution is -2.42. The Labute approximate surface area is 192 Å². The molecule has 178 valence electrons. The zero-order valence-electron chi connectivity index (χ0n) is 20.1. The summed E-state index contributed by atoms with van der Waals surface area (Å²) < 4.78 is 1.96. The van der Waals surface area contributed by atoms with Crippen molar-refractivity contribution in [3.63, 3.8) is 0 Å². The second-order valence-corrected chi connectivity index (χ2v) is 9.72. The standard InChI is InChI=1S/C25H40N4O3/c1-4-5-13-26-24(31)21-17-29(20-11-7-6-8-12-20)18-22(23(21)30)25(32)28(3)16-19-10-9-14-27(2)15-19/h17-20H,4-16H2,1-3H3,(H,26,31)/t19-/m0/s1. The van der Waals surface area contributed by atoms with Crippen LogP contribution < -0.4 is 10.7 Å². The van der Waals surface area contributed by atoms with E-state index < -0.39 is 5.43 Å². The van der Waals surface area contributed by atoms with Crippen molar-refractivity contribution in [1.29, 1.82) is 0 Å². The number of nitrogens with one attached hydrogen (secondary N) is 1. The summed E-state index contributed by atoms with van der Waals surface area (Å²) in [5.74, 6) is -0.251. The first-order valence-corrected chi connectivity index (χ1v) is 12.4.